The molecule has 0 spiro atoms. The zero-order valence-electron chi connectivity index (χ0n) is 11.9. The van der Waals surface area contributed by atoms with Crippen LogP contribution in [0.1, 0.15) is 32.5 Å². The molecule has 0 aliphatic rings. The normalized spacial score (nSPS) is 10.7. The maximum absolute atomic E-state index is 6.09. The molecule has 0 aliphatic carbocycles. The first-order chi connectivity index (χ1) is 9.60. The SMILES string of the molecule is CCNc1cc(Oc2ccccc2Cl)nc(C(C)C)n1. The van der Waals surface area contributed by atoms with E-state index in [1.165, 1.54) is 0 Å². The summed E-state index contributed by atoms with van der Waals surface area (Å²) in [5.41, 5.74) is 0. The number of nitrogens with one attached hydrogen (secondary N) is 1. The number of halogens is 1. The Bertz CT molecular complexity index is 587. The fraction of sp³-hybridized carbons (Fsp3) is 0.333. The van der Waals surface area contributed by atoms with Crippen LogP contribution in [0.15, 0.2) is 30.3 Å². The molecule has 0 unspecified atom stereocenters. The van der Waals surface area contributed by atoms with Crippen molar-refractivity contribution in [3.05, 3.63) is 41.2 Å². The summed E-state index contributed by atoms with van der Waals surface area (Å²) in [7, 11) is 0. The molecule has 0 radical (unpaired) electrons. The van der Waals surface area contributed by atoms with Crippen LogP contribution in [-0.2, 0) is 0 Å². The zero-order chi connectivity index (χ0) is 14.5. The molecule has 0 saturated heterocycles. The highest BCUT2D eigenvalue weighted by molar-refractivity contribution is 6.32. The average molecular weight is 292 g/mol. The third kappa shape index (κ3) is 3.61. The van der Waals surface area contributed by atoms with Gasteiger partial charge in [0.25, 0.3) is 0 Å². The maximum Gasteiger partial charge on any atom is 0.224 e. The van der Waals surface area contributed by atoms with Crippen LogP contribution in [0.25, 0.3) is 0 Å². The van der Waals surface area contributed by atoms with Gasteiger partial charge in [0, 0.05) is 18.5 Å². The molecular weight excluding hydrogens is 274 g/mol. The van der Waals surface area contributed by atoms with Gasteiger partial charge < -0.3 is 10.1 Å². The molecule has 20 heavy (non-hydrogen) atoms. The topological polar surface area (TPSA) is 47.0 Å². The van der Waals surface area contributed by atoms with Crippen molar-refractivity contribution in [2.24, 2.45) is 0 Å². The van der Waals surface area contributed by atoms with E-state index in [0.29, 0.717) is 16.7 Å². The first-order valence-electron chi connectivity index (χ1n) is 6.65. The molecule has 0 aliphatic heterocycles. The van der Waals surface area contributed by atoms with Crippen molar-refractivity contribution in [2.45, 2.75) is 26.7 Å². The lowest BCUT2D eigenvalue weighted by atomic mass is 10.2. The number of nitrogens with zero attached hydrogens (tertiary/aromatic N) is 2. The average Bonchev–Trinajstić information content (AvgIpc) is 2.41. The molecule has 4 nitrogen and oxygen atoms in total. The Hall–Kier alpha value is -1.81. The quantitative estimate of drug-likeness (QED) is 0.882. The van der Waals surface area contributed by atoms with Crippen molar-refractivity contribution < 1.29 is 4.74 Å². The number of hydrogen-bond acceptors (Lipinski definition) is 4. The van der Waals surface area contributed by atoms with E-state index in [4.69, 9.17) is 16.3 Å². The molecule has 2 rings (SSSR count). The summed E-state index contributed by atoms with van der Waals surface area (Å²) < 4.78 is 5.76. The van der Waals surface area contributed by atoms with E-state index in [1.54, 1.807) is 12.1 Å². The summed E-state index contributed by atoms with van der Waals surface area (Å²) in [5.74, 6) is 2.80. The van der Waals surface area contributed by atoms with Crippen LogP contribution in [0.5, 0.6) is 11.6 Å². The molecule has 1 heterocycles. The van der Waals surface area contributed by atoms with Crippen molar-refractivity contribution in [1.29, 1.82) is 0 Å². The second kappa shape index (κ2) is 6.57. The number of benzene rings is 1. The summed E-state index contributed by atoms with van der Waals surface area (Å²) in [4.78, 5) is 8.87. The van der Waals surface area contributed by atoms with Crippen LogP contribution < -0.4 is 10.1 Å². The molecule has 1 aromatic heterocycles. The van der Waals surface area contributed by atoms with Crippen LogP contribution in [0.4, 0.5) is 5.82 Å². The van der Waals surface area contributed by atoms with Gasteiger partial charge in [0.2, 0.25) is 5.88 Å². The Morgan fingerprint density at radius 2 is 2.00 bits per heavy atom. The Morgan fingerprint density at radius 1 is 1.25 bits per heavy atom. The maximum atomic E-state index is 6.09. The van der Waals surface area contributed by atoms with Crippen molar-refractivity contribution in [2.75, 3.05) is 11.9 Å². The number of para-hydroxylation sites is 1. The molecule has 0 bridgehead atoms. The highest BCUT2D eigenvalue weighted by Gasteiger charge is 2.10. The van der Waals surface area contributed by atoms with Gasteiger partial charge in [-0.1, -0.05) is 37.6 Å². The van der Waals surface area contributed by atoms with E-state index in [-0.39, 0.29) is 5.92 Å². The van der Waals surface area contributed by atoms with E-state index in [0.717, 1.165) is 18.2 Å². The number of anilines is 1. The minimum Gasteiger partial charge on any atom is -0.437 e. The summed E-state index contributed by atoms with van der Waals surface area (Å²) in [6.45, 7) is 6.90. The molecule has 1 N–H and O–H groups in total. The highest BCUT2D eigenvalue weighted by Crippen LogP contribution is 2.29. The minimum absolute atomic E-state index is 0.224. The smallest absolute Gasteiger partial charge is 0.224 e. The van der Waals surface area contributed by atoms with Crippen LogP contribution in [0, 0.1) is 0 Å². The van der Waals surface area contributed by atoms with Gasteiger partial charge in [0.05, 0.1) is 5.02 Å². The Morgan fingerprint density at radius 3 is 2.65 bits per heavy atom. The lowest BCUT2D eigenvalue weighted by Gasteiger charge is -2.12. The summed E-state index contributed by atoms with van der Waals surface area (Å²) in [6, 6.07) is 9.10. The third-order valence-electron chi connectivity index (χ3n) is 2.65. The number of ether oxygens (including phenoxy) is 1. The summed E-state index contributed by atoms with van der Waals surface area (Å²) >= 11 is 6.09. The van der Waals surface area contributed by atoms with Crippen LogP contribution in [0.2, 0.25) is 5.02 Å². The predicted molar refractivity (Wildman–Crippen MR) is 81.8 cm³/mol. The molecule has 0 atom stereocenters. The Kier molecular flexibility index (Phi) is 4.79. The van der Waals surface area contributed by atoms with E-state index < -0.39 is 0 Å². The Balaban J connectivity index is 2.33. The van der Waals surface area contributed by atoms with Gasteiger partial charge in [-0.2, -0.15) is 4.98 Å². The van der Waals surface area contributed by atoms with Gasteiger partial charge in [-0.25, -0.2) is 4.98 Å². The van der Waals surface area contributed by atoms with Crippen molar-refractivity contribution in [3.8, 4) is 11.6 Å². The fourth-order valence-corrected chi connectivity index (χ4v) is 1.84. The molecular formula is C15H18ClN3O. The van der Waals surface area contributed by atoms with Crippen LogP contribution in [-0.4, -0.2) is 16.5 Å². The third-order valence-corrected chi connectivity index (χ3v) is 2.96. The lowest BCUT2D eigenvalue weighted by molar-refractivity contribution is 0.457. The minimum atomic E-state index is 0.224. The molecule has 0 amide bonds. The lowest BCUT2D eigenvalue weighted by Crippen LogP contribution is -2.05. The van der Waals surface area contributed by atoms with E-state index in [9.17, 15) is 0 Å². The van der Waals surface area contributed by atoms with Gasteiger partial charge in [-0.3, -0.25) is 0 Å². The monoisotopic (exact) mass is 291 g/mol. The largest absolute Gasteiger partial charge is 0.437 e. The first-order valence-corrected chi connectivity index (χ1v) is 7.03. The van der Waals surface area contributed by atoms with Gasteiger partial charge >= 0.3 is 0 Å². The second-order valence-corrected chi connectivity index (χ2v) is 5.07. The van der Waals surface area contributed by atoms with Crippen LogP contribution in [0.3, 0.4) is 0 Å². The second-order valence-electron chi connectivity index (χ2n) is 4.67. The number of rotatable bonds is 5. The molecule has 2 aromatic rings. The van der Waals surface area contributed by atoms with Gasteiger partial charge in [-0.15, -0.1) is 0 Å². The summed E-state index contributed by atoms with van der Waals surface area (Å²) in [5, 5.41) is 3.74. The fourth-order valence-electron chi connectivity index (χ4n) is 1.67. The molecule has 0 saturated carbocycles. The van der Waals surface area contributed by atoms with Crippen molar-refractivity contribution >= 4 is 17.4 Å². The zero-order valence-corrected chi connectivity index (χ0v) is 12.6. The van der Waals surface area contributed by atoms with Crippen molar-refractivity contribution in [3.63, 3.8) is 0 Å². The van der Waals surface area contributed by atoms with Gasteiger partial charge in [-0.05, 0) is 19.1 Å². The van der Waals surface area contributed by atoms with E-state index >= 15 is 0 Å². The standard InChI is InChI=1S/C15H18ClN3O/c1-4-17-13-9-14(19-15(18-13)10(2)3)20-12-8-6-5-7-11(12)16/h5-10H,4H2,1-3H3,(H,17,18,19). The first kappa shape index (κ1) is 14.6. The van der Waals surface area contributed by atoms with Gasteiger partial charge in [0.15, 0.2) is 0 Å². The predicted octanol–water partition coefficient (Wildman–Crippen LogP) is 4.48. The Labute approximate surface area is 124 Å². The molecule has 1 aromatic carbocycles. The van der Waals surface area contributed by atoms with Crippen molar-refractivity contribution in [1.82, 2.24) is 9.97 Å². The number of aromatic nitrogens is 2. The summed E-state index contributed by atoms with van der Waals surface area (Å²) in [6.07, 6.45) is 0. The van der Waals surface area contributed by atoms with Gasteiger partial charge in [0.1, 0.15) is 17.4 Å². The highest BCUT2D eigenvalue weighted by atomic mass is 35.5. The molecule has 5 heteroatoms. The van der Waals surface area contributed by atoms with E-state index in [1.807, 2.05) is 39.0 Å². The van der Waals surface area contributed by atoms with E-state index in [2.05, 4.69) is 15.3 Å². The molecule has 0 fully saturated rings. The number of hydrogen-bond donors (Lipinski definition) is 1. The molecule has 106 valence electrons. The van der Waals surface area contributed by atoms with Crippen LogP contribution >= 0.6 is 11.6 Å².